The van der Waals surface area contributed by atoms with E-state index in [1.54, 1.807) is 19.1 Å². The number of halogens is 1. The SMILES string of the molecule is Cc1ccc(C#N)c(CC(=O)O)c1Cl. The molecule has 0 aromatic heterocycles. The predicted octanol–water partition coefficient (Wildman–Crippen LogP) is 2.15. The highest BCUT2D eigenvalue weighted by atomic mass is 35.5. The van der Waals surface area contributed by atoms with Gasteiger partial charge in [-0.3, -0.25) is 4.79 Å². The van der Waals surface area contributed by atoms with Crippen LogP contribution in [0, 0.1) is 18.3 Å². The lowest BCUT2D eigenvalue weighted by molar-refractivity contribution is -0.136. The highest BCUT2D eigenvalue weighted by molar-refractivity contribution is 6.32. The van der Waals surface area contributed by atoms with Gasteiger partial charge in [-0.15, -0.1) is 0 Å². The predicted molar refractivity (Wildman–Crippen MR) is 52.2 cm³/mol. The van der Waals surface area contributed by atoms with Crippen molar-refractivity contribution < 1.29 is 9.90 Å². The largest absolute Gasteiger partial charge is 0.481 e. The number of rotatable bonds is 2. The molecule has 4 heteroatoms. The standard InChI is InChI=1S/C10H8ClNO2/c1-6-2-3-7(5-12)8(10(6)11)4-9(13)14/h2-3H,4H2,1H3,(H,13,14). The number of aryl methyl sites for hydroxylation is 1. The molecule has 0 spiro atoms. The summed E-state index contributed by atoms with van der Waals surface area (Å²) in [7, 11) is 0. The molecule has 0 fully saturated rings. The monoisotopic (exact) mass is 209 g/mol. The molecular formula is C10H8ClNO2. The zero-order valence-electron chi connectivity index (χ0n) is 7.54. The number of nitrogens with zero attached hydrogens (tertiary/aromatic N) is 1. The van der Waals surface area contributed by atoms with Gasteiger partial charge in [0, 0.05) is 5.02 Å². The van der Waals surface area contributed by atoms with Crippen LogP contribution in [0.25, 0.3) is 0 Å². The van der Waals surface area contributed by atoms with Gasteiger partial charge < -0.3 is 5.11 Å². The molecule has 1 aromatic rings. The topological polar surface area (TPSA) is 61.1 Å². The second-order valence-electron chi connectivity index (χ2n) is 2.90. The van der Waals surface area contributed by atoms with E-state index in [-0.39, 0.29) is 6.42 Å². The quantitative estimate of drug-likeness (QED) is 0.812. The summed E-state index contributed by atoms with van der Waals surface area (Å²) >= 11 is 5.91. The maximum Gasteiger partial charge on any atom is 0.307 e. The van der Waals surface area contributed by atoms with Gasteiger partial charge in [0.25, 0.3) is 0 Å². The van der Waals surface area contributed by atoms with Crippen molar-refractivity contribution in [3.8, 4) is 6.07 Å². The highest BCUT2D eigenvalue weighted by Gasteiger charge is 2.12. The summed E-state index contributed by atoms with van der Waals surface area (Å²) < 4.78 is 0. The van der Waals surface area contributed by atoms with Crippen molar-refractivity contribution in [1.82, 2.24) is 0 Å². The van der Waals surface area contributed by atoms with E-state index in [0.717, 1.165) is 5.56 Å². The average Bonchev–Trinajstić information content (AvgIpc) is 2.13. The van der Waals surface area contributed by atoms with Crippen molar-refractivity contribution in [2.75, 3.05) is 0 Å². The van der Waals surface area contributed by atoms with Crippen molar-refractivity contribution in [2.24, 2.45) is 0 Å². The van der Waals surface area contributed by atoms with E-state index in [1.807, 2.05) is 6.07 Å². The fraction of sp³-hybridized carbons (Fsp3) is 0.200. The maximum absolute atomic E-state index is 10.5. The molecule has 0 heterocycles. The van der Waals surface area contributed by atoms with Crippen LogP contribution in [0.4, 0.5) is 0 Å². The molecule has 1 N–H and O–H groups in total. The van der Waals surface area contributed by atoms with Crippen LogP contribution < -0.4 is 0 Å². The second-order valence-corrected chi connectivity index (χ2v) is 3.28. The first-order valence-corrected chi connectivity index (χ1v) is 4.34. The molecule has 1 rings (SSSR count). The van der Waals surface area contributed by atoms with Crippen molar-refractivity contribution in [3.05, 3.63) is 33.8 Å². The van der Waals surface area contributed by atoms with Gasteiger partial charge in [-0.1, -0.05) is 17.7 Å². The van der Waals surface area contributed by atoms with Crippen molar-refractivity contribution >= 4 is 17.6 Å². The molecule has 0 atom stereocenters. The molecule has 0 radical (unpaired) electrons. The summed E-state index contributed by atoms with van der Waals surface area (Å²) in [5.41, 5.74) is 1.49. The zero-order valence-corrected chi connectivity index (χ0v) is 8.30. The molecule has 1 aromatic carbocycles. The number of benzene rings is 1. The Bertz CT molecular complexity index is 421. The number of nitriles is 1. The first kappa shape index (κ1) is 10.6. The molecule has 0 aliphatic heterocycles. The molecular weight excluding hydrogens is 202 g/mol. The second kappa shape index (κ2) is 4.12. The molecule has 0 unspecified atom stereocenters. The number of carboxylic acid groups (broad SMARTS) is 1. The molecule has 0 aliphatic carbocycles. The van der Waals surface area contributed by atoms with E-state index >= 15 is 0 Å². The van der Waals surface area contributed by atoms with E-state index in [4.69, 9.17) is 22.0 Å². The number of carbonyl (C=O) groups is 1. The molecule has 0 amide bonds. The number of carboxylic acids is 1. The van der Waals surface area contributed by atoms with Crippen LogP contribution in [-0.4, -0.2) is 11.1 Å². The fourth-order valence-corrected chi connectivity index (χ4v) is 1.40. The van der Waals surface area contributed by atoms with Crippen molar-refractivity contribution in [3.63, 3.8) is 0 Å². The van der Waals surface area contributed by atoms with E-state index in [2.05, 4.69) is 0 Å². The summed E-state index contributed by atoms with van der Waals surface area (Å²) in [4.78, 5) is 10.5. The maximum atomic E-state index is 10.5. The lowest BCUT2D eigenvalue weighted by atomic mass is 10.0. The molecule has 0 aliphatic rings. The van der Waals surface area contributed by atoms with Gasteiger partial charge in [0.15, 0.2) is 0 Å². The summed E-state index contributed by atoms with van der Waals surface area (Å²) in [5.74, 6) is -0.992. The third-order valence-corrected chi connectivity index (χ3v) is 2.41. The van der Waals surface area contributed by atoms with Gasteiger partial charge in [-0.2, -0.15) is 5.26 Å². The highest BCUT2D eigenvalue weighted by Crippen LogP contribution is 2.24. The minimum absolute atomic E-state index is 0.219. The van der Waals surface area contributed by atoms with Gasteiger partial charge in [0.2, 0.25) is 0 Å². The van der Waals surface area contributed by atoms with Crippen LogP contribution >= 0.6 is 11.6 Å². The Labute approximate surface area is 86.5 Å². The van der Waals surface area contributed by atoms with Crippen LogP contribution in [0.2, 0.25) is 5.02 Å². The zero-order chi connectivity index (χ0) is 10.7. The molecule has 3 nitrogen and oxygen atoms in total. The van der Waals surface area contributed by atoms with Crippen LogP contribution in [-0.2, 0) is 11.2 Å². The van der Waals surface area contributed by atoms with Crippen LogP contribution in [0.15, 0.2) is 12.1 Å². The molecule has 0 bridgehead atoms. The first-order valence-electron chi connectivity index (χ1n) is 3.96. The van der Waals surface area contributed by atoms with E-state index in [9.17, 15) is 4.79 Å². The Kier molecular flexibility index (Phi) is 3.10. The van der Waals surface area contributed by atoms with Crippen molar-refractivity contribution in [2.45, 2.75) is 13.3 Å². The van der Waals surface area contributed by atoms with Crippen LogP contribution in [0.5, 0.6) is 0 Å². The lowest BCUT2D eigenvalue weighted by Crippen LogP contribution is -2.03. The van der Waals surface area contributed by atoms with E-state index in [0.29, 0.717) is 16.1 Å². The van der Waals surface area contributed by atoms with Crippen molar-refractivity contribution in [1.29, 1.82) is 5.26 Å². The summed E-state index contributed by atoms with van der Waals surface area (Å²) in [6.45, 7) is 1.77. The van der Waals surface area contributed by atoms with E-state index < -0.39 is 5.97 Å². The molecule has 0 saturated carbocycles. The normalized spacial score (nSPS) is 9.50. The Balaban J connectivity index is 3.29. The summed E-state index contributed by atoms with van der Waals surface area (Å²) in [5, 5.41) is 17.7. The van der Waals surface area contributed by atoms with Gasteiger partial charge in [-0.25, -0.2) is 0 Å². The third-order valence-electron chi connectivity index (χ3n) is 1.88. The molecule has 14 heavy (non-hydrogen) atoms. The average molecular weight is 210 g/mol. The molecule has 72 valence electrons. The minimum atomic E-state index is -0.992. The Morgan fingerprint density at radius 2 is 2.29 bits per heavy atom. The number of hydrogen-bond donors (Lipinski definition) is 1. The van der Waals surface area contributed by atoms with Gasteiger partial charge in [0.1, 0.15) is 0 Å². The van der Waals surface area contributed by atoms with E-state index in [1.165, 1.54) is 0 Å². The number of hydrogen-bond acceptors (Lipinski definition) is 2. The van der Waals surface area contributed by atoms with Gasteiger partial charge in [-0.05, 0) is 24.1 Å². The number of aliphatic carboxylic acids is 1. The molecule has 0 saturated heterocycles. The van der Waals surface area contributed by atoms with Crippen LogP contribution in [0.3, 0.4) is 0 Å². The van der Waals surface area contributed by atoms with Gasteiger partial charge >= 0.3 is 5.97 Å². The Morgan fingerprint density at radius 1 is 1.64 bits per heavy atom. The minimum Gasteiger partial charge on any atom is -0.481 e. The summed E-state index contributed by atoms with van der Waals surface area (Å²) in [6, 6.07) is 5.20. The summed E-state index contributed by atoms with van der Waals surface area (Å²) in [6.07, 6.45) is -0.219. The third kappa shape index (κ3) is 2.04. The van der Waals surface area contributed by atoms with Crippen LogP contribution in [0.1, 0.15) is 16.7 Å². The first-order chi connectivity index (χ1) is 6.56. The lowest BCUT2D eigenvalue weighted by Gasteiger charge is -2.06. The van der Waals surface area contributed by atoms with Gasteiger partial charge in [0.05, 0.1) is 18.1 Å². The Morgan fingerprint density at radius 3 is 2.79 bits per heavy atom. The Hall–Kier alpha value is -1.53. The smallest absolute Gasteiger partial charge is 0.307 e. The fourth-order valence-electron chi connectivity index (χ4n) is 1.17.